The summed E-state index contributed by atoms with van der Waals surface area (Å²) in [6.45, 7) is 5.06. The lowest BCUT2D eigenvalue weighted by atomic mass is 9.94. The number of aliphatic imine (C=N–C) groups is 1. The lowest BCUT2D eigenvalue weighted by Crippen LogP contribution is -2.54. The van der Waals surface area contributed by atoms with E-state index in [4.69, 9.17) is 24.8 Å². The van der Waals surface area contributed by atoms with Crippen LogP contribution < -0.4 is 30.8 Å². The lowest BCUT2D eigenvalue weighted by molar-refractivity contribution is -0.136. The smallest absolute Gasteiger partial charge is 0.355 e. The van der Waals surface area contributed by atoms with E-state index in [2.05, 4.69) is 47.4 Å². The summed E-state index contributed by atoms with van der Waals surface area (Å²) in [5.74, 6) is 7.55. The number of aryl methyl sites for hydroxylation is 1. The van der Waals surface area contributed by atoms with Gasteiger partial charge in [0.1, 0.15) is 24.1 Å². The number of hydrazone groups is 1. The fourth-order valence-electron chi connectivity index (χ4n) is 10.3. The minimum absolute atomic E-state index is 0.0193. The zero-order valence-corrected chi connectivity index (χ0v) is 48.9. The topological polar surface area (TPSA) is 290 Å². The van der Waals surface area contributed by atoms with Crippen molar-refractivity contribution in [1.29, 1.82) is 0 Å². The Hall–Kier alpha value is -9.00. The Morgan fingerprint density at radius 2 is 1.67 bits per heavy atom. The van der Waals surface area contributed by atoms with E-state index >= 15 is 4.39 Å². The van der Waals surface area contributed by atoms with Gasteiger partial charge in [-0.25, -0.2) is 19.2 Å². The van der Waals surface area contributed by atoms with E-state index in [1.54, 1.807) is 24.3 Å². The van der Waals surface area contributed by atoms with E-state index in [1.165, 1.54) is 47.1 Å². The highest BCUT2D eigenvalue weighted by Crippen LogP contribution is 2.36. The molecule has 0 radical (unpaired) electrons. The molecule has 6 aromatic rings. The molecule has 26 heteroatoms. The number of piperazine rings is 1. The third kappa shape index (κ3) is 15.2. The standard InChI is InChI=1S/C61H62FN11O12S2/c62-44-34-38(17-19-47(44)84-29-7-15-50-54(59(80)81)67-61(87-50)72-24-21-39-9-3-10-41(43(39)36-72)55(76)68-60-65-45-12-1-2-14-49(45)86-60)8-6-23-70-25-27-71(28-26-70)52(75)16-5-22-64-35-40(69-63)37-83-31-30-82-32-33-85-48-13-4-11-42-53(48)58(79)73(57(42)78)46-18-20-51(74)66-56(46)77/h1-4,9-14,17,19,34-35,46H,5,7,15-16,18,20-33,36-37,63H2,(H,80,81)(H,65,68,76)(H,66,74,77)/b64-35?,69-40+. The van der Waals surface area contributed by atoms with Gasteiger partial charge < -0.3 is 39.7 Å². The fraction of sp³-hybridized carbons (Fsp3) is 0.361. The van der Waals surface area contributed by atoms with Crippen LogP contribution in [0.2, 0.25) is 0 Å². The van der Waals surface area contributed by atoms with E-state index in [-0.39, 0.29) is 92.6 Å². The van der Waals surface area contributed by atoms with E-state index in [0.717, 1.165) is 26.2 Å². The fourth-order valence-corrected chi connectivity index (χ4v) is 12.3. The number of halogens is 1. The Labute approximate surface area is 507 Å². The summed E-state index contributed by atoms with van der Waals surface area (Å²) in [6.07, 6.45) is 3.85. The van der Waals surface area contributed by atoms with Crippen molar-refractivity contribution in [3.8, 4) is 23.3 Å². The van der Waals surface area contributed by atoms with Gasteiger partial charge in [-0.1, -0.05) is 53.5 Å². The SMILES string of the molecule is N/N=C(\C=NCCCC(=O)N1CCN(CC#Cc2ccc(OCCCc3sc(N4CCc5cccc(C(=O)Nc6nc7ccccc7s6)c5C4)nc3C(=O)O)c(F)c2)CC1)COCCOCCOc1cccc2c1C(=O)N(C1CCC(=O)NC1=O)C2=O. The molecule has 1 unspecified atom stereocenters. The number of aromatic carboxylic acids is 1. The molecule has 5 N–H and O–H groups in total. The van der Waals surface area contributed by atoms with Crippen LogP contribution >= 0.6 is 22.7 Å². The second kappa shape index (κ2) is 28.9. The molecule has 0 saturated carbocycles. The number of ether oxygens (including phenoxy) is 4. The normalized spacial score (nSPS) is 16.2. The number of imide groups is 2. The molecule has 6 heterocycles. The molecule has 0 bridgehead atoms. The lowest BCUT2D eigenvalue weighted by Gasteiger charge is -2.33. The number of hydrogen-bond donors (Lipinski definition) is 4. The largest absolute Gasteiger partial charge is 0.491 e. The van der Waals surface area contributed by atoms with Gasteiger partial charge in [0, 0.05) is 80.9 Å². The number of thiazole rings is 2. The highest BCUT2D eigenvalue weighted by molar-refractivity contribution is 7.22. The number of hydrogen-bond acceptors (Lipinski definition) is 20. The average Bonchev–Trinajstić information content (AvgIpc) is 1.75. The van der Waals surface area contributed by atoms with Gasteiger partial charge in [0.25, 0.3) is 17.7 Å². The third-order valence-corrected chi connectivity index (χ3v) is 16.9. The molecule has 2 saturated heterocycles. The maximum Gasteiger partial charge on any atom is 0.355 e. The van der Waals surface area contributed by atoms with Gasteiger partial charge in [-0.2, -0.15) is 5.10 Å². The molecule has 4 aliphatic rings. The van der Waals surface area contributed by atoms with Crippen molar-refractivity contribution < 1.29 is 62.0 Å². The minimum Gasteiger partial charge on any atom is -0.491 e. The number of nitrogens with two attached hydrogens (primary N) is 1. The Balaban J connectivity index is 0.577. The second-order valence-electron chi connectivity index (χ2n) is 20.6. The van der Waals surface area contributed by atoms with Crippen LogP contribution in [0.1, 0.15) is 95.2 Å². The summed E-state index contributed by atoms with van der Waals surface area (Å²) in [5, 5.41) is 20.0. The highest BCUT2D eigenvalue weighted by Gasteiger charge is 2.46. The van der Waals surface area contributed by atoms with Gasteiger partial charge in [0.05, 0.1) is 60.9 Å². The van der Waals surface area contributed by atoms with E-state index in [0.29, 0.717) is 116 Å². The summed E-state index contributed by atoms with van der Waals surface area (Å²) in [7, 11) is 0. The summed E-state index contributed by atoms with van der Waals surface area (Å²) in [5.41, 5.74) is 4.27. The number of carboxylic acid groups (broad SMARTS) is 1. The molecular formula is C61H62FN11O12S2. The molecule has 6 amide bonds. The van der Waals surface area contributed by atoms with Gasteiger partial charge in [0.2, 0.25) is 17.7 Å². The van der Waals surface area contributed by atoms with Gasteiger partial charge in [-0.3, -0.25) is 54.2 Å². The van der Waals surface area contributed by atoms with E-state index < -0.39 is 41.5 Å². The molecule has 0 spiro atoms. The Morgan fingerprint density at radius 1 is 0.862 bits per heavy atom. The van der Waals surface area contributed by atoms with Gasteiger partial charge in [-0.15, -0.1) is 11.3 Å². The minimum atomic E-state index is -1.14. The molecule has 2 aromatic heterocycles. The van der Waals surface area contributed by atoms with Crippen molar-refractivity contribution in [3.63, 3.8) is 0 Å². The van der Waals surface area contributed by atoms with Crippen LogP contribution in [0.3, 0.4) is 0 Å². The highest BCUT2D eigenvalue weighted by atomic mass is 32.1. The molecule has 4 aromatic carbocycles. The Kier molecular flexibility index (Phi) is 20.3. The summed E-state index contributed by atoms with van der Waals surface area (Å²) in [4.78, 5) is 110. The number of anilines is 2. The van der Waals surface area contributed by atoms with Crippen molar-refractivity contribution in [3.05, 3.63) is 129 Å². The second-order valence-corrected chi connectivity index (χ2v) is 22.7. The quantitative estimate of drug-likeness (QED) is 0.0136. The number of aromatic nitrogens is 2. The number of nitrogens with one attached hydrogen (secondary N) is 2. The van der Waals surface area contributed by atoms with E-state index in [1.807, 2.05) is 46.2 Å². The van der Waals surface area contributed by atoms with Crippen LogP contribution in [0, 0.1) is 17.7 Å². The molecule has 2 fully saturated rings. The average molecular weight is 1220 g/mol. The molecule has 452 valence electrons. The van der Waals surface area contributed by atoms with Gasteiger partial charge in [0.15, 0.2) is 27.5 Å². The maximum absolute atomic E-state index is 15.2. The van der Waals surface area contributed by atoms with Crippen molar-refractivity contribution in [2.75, 3.05) is 95.7 Å². The predicted molar refractivity (Wildman–Crippen MR) is 322 cm³/mol. The number of fused-ring (bicyclic) bond motifs is 3. The number of benzene rings is 4. The van der Waals surface area contributed by atoms with Crippen LogP contribution in [0.15, 0.2) is 89.0 Å². The van der Waals surface area contributed by atoms with Crippen LogP contribution in [-0.4, -0.2) is 175 Å². The number of carboxylic acids is 1. The summed E-state index contributed by atoms with van der Waals surface area (Å²) < 4.78 is 38.9. The zero-order chi connectivity index (χ0) is 60.8. The maximum atomic E-state index is 15.2. The van der Waals surface area contributed by atoms with Crippen molar-refractivity contribution in [2.45, 2.75) is 57.5 Å². The third-order valence-electron chi connectivity index (χ3n) is 14.8. The Morgan fingerprint density at radius 3 is 2.47 bits per heavy atom. The molecule has 1 atom stereocenters. The summed E-state index contributed by atoms with van der Waals surface area (Å²) >= 11 is 2.70. The molecule has 0 aliphatic carbocycles. The van der Waals surface area contributed by atoms with Crippen LogP contribution in [-0.2, 0) is 43.2 Å². The first kappa shape index (κ1) is 61.1. The first-order valence-electron chi connectivity index (χ1n) is 28.4. The monoisotopic (exact) mass is 1220 g/mol. The van der Waals surface area contributed by atoms with Crippen molar-refractivity contribution in [2.24, 2.45) is 15.9 Å². The van der Waals surface area contributed by atoms with Crippen LogP contribution in [0.5, 0.6) is 11.5 Å². The van der Waals surface area contributed by atoms with Crippen LogP contribution in [0.25, 0.3) is 10.2 Å². The number of carbonyl (C=O) groups is 7. The van der Waals surface area contributed by atoms with E-state index in [9.17, 15) is 38.7 Å². The molecule has 87 heavy (non-hydrogen) atoms. The number of carbonyl (C=O) groups excluding carboxylic acids is 6. The molecule has 10 rings (SSSR count). The number of piperidine rings is 1. The number of para-hydroxylation sites is 1. The van der Waals surface area contributed by atoms with Gasteiger partial charge >= 0.3 is 5.97 Å². The Bertz CT molecular complexity index is 3690. The molecule has 4 aliphatic heterocycles. The number of rotatable bonds is 25. The number of amides is 6. The molecular weight excluding hydrogens is 1160 g/mol. The zero-order valence-electron chi connectivity index (χ0n) is 47.3. The van der Waals surface area contributed by atoms with Gasteiger partial charge in [-0.05, 0) is 91.8 Å². The summed E-state index contributed by atoms with van der Waals surface area (Å²) in [6, 6.07) is 21.4. The van der Waals surface area contributed by atoms with Crippen molar-refractivity contribution >= 4 is 96.5 Å². The van der Waals surface area contributed by atoms with Crippen LogP contribution in [0.4, 0.5) is 14.7 Å². The predicted octanol–water partition coefficient (Wildman–Crippen LogP) is 5.59. The molecule has 23 nitrogen and oxygen atoms in total. The number of nitrogens with zero attached hydrogens (tertiary/aromatic N) is 8. The first-order chi connectivity index (χ1) is 42.3. The first-order valence-corrected chi connectivity index (χ1v) is 30.0. The van der Waals surface area contributed by atoms with Crippen molar-refractivity contribution in [1.82, 2.24) is 30.0 Å².